The molecule has 0 spiro atoms. The van der Waals surface area contributed by atoms with Gasteiger partial charge in [0.15, 0.2) is 0 Å². The first-order valence-electron chi connectivity index (χ1n) is 6.82. The lowest BCUT2D eigenvalue weighted by Gasteiger charge is -2.30. The number of nitrogens with two attached hydrogens (primary N) is 1. The monoisotopic (exact) mass is 262 g/mol. The van der Waals surface area contributed by atoms with Gasteiger partial charge in [-0.25, -0.2) is 4.98 Å². The van der Waals surface area contributed by atoms with Gasteiger partial charge in [0.05, 0.1) is 12.6 Å². The number of anilines is 1. The zero-order valence-corrected chi connectivity index (χ0v) is 11.4. The van der Waals surface area contributed by atoms with Crippen molar-refractivity contribution in [2.75, 3.05) is 18.1 Å². The van der Waals surface area contributed by atoms with Crippen LogP contribution in [0.2, 0.25) is 0 Å². The Morgan fingerprint density at radius 2 is 2.26 bits per heavy atom. The molecule has 4 N–H and O–H groups in total. The van der Waals surface area contributed by atoms with Crippen LogP contribution >= 0.6 is 0 Å². The van der Waals surface area contributed by atoms with E-state index in [4.69, 9.17) is 11.1 Å². The minimum atomic E-state index is 0.0575. The molecule has 1 aromatic rings. The molecule has 0 amide bonds. The van der Waals surface area contributed by atoms with Crippen molar-refractivity contribution >= 4 is 11.7 Å². The molecule has 1 atom stereocenters. The molecule has 0 radical (unpaired) electrons. The Bertz CT molecular complexity index is 461. The van der Waals surface area contributed by atoms with Crippen LogP contribution in [-0.4, -0.2) is 35.1 Å². The third-order valence-corrected chi connectivity index (χ3v) is 3.63. The molecule has 1 saturated heterocycles. The fourth-order valence-electron chi connectivity index (χ4n) is 2.62. The minimum absolute atomic E-state index is 0.0575. The van der Waals surface area contributed by atoms with Gasteiger partial charge in [-0.3, -0.25) is 5.41 Å². The van der Waals surface area contributed by atoms with Gasteiger partial charge in [0.2, 0.25) is 0 Å². The molecular weight excluding hydrogens is 240 g/mol. The number of aromatic nitrogens is 1. The summed E-state index contributed by atoms with van der Waals surface area (Å²) in [4.78, 5) is 6.70. The molecule has 0 saturated carbocycles. The second kappa shape index (κ2) is 6.02. The van der Waals surface area contributed by atoms with Gasteiger partial charge in [-0.1, -0.05) is 12.8 Å². The Labute approximate surface area is 114 Å². The Hall–Kier alpha value is -1.62. The van der Waals surface area contributed by atoms with Crippen molar-refractivity contribution in [3.05, 3.63) is 23.4 Å². The fourth-order valence-corrected chi connectivity index (χ4v) is 2.62. The van der Waals surface area contributed by atoms with Gasteiger partial charge in [-0.05, 0) is 31.9 Å². The number of hydrogen-bond donors (Lipinski definition) is 3. The minimum Gasteiger partial charge on any atom is -0.394 e. The highest BCUT2D eigenvalue weighted by Crippen LogP contribution is 2.23. The van der Waals surface area contributed by atoms with Crippen LogP contribution in [-0.2, 0) is 0 Å². The third kappa shape index (κ3) is 3.23. The lowest BCUT2D eigenvalue weighted by Crippen LogP contribution is -2.38. The van der Waals surface area contributed by atoms with Gasteiger partial charge >= 0.3 is 0 Å². The highest BCUT2D eigenvalue weighted by atomic mass is 16.3. The predicted molar refractivity (Wildman–Crippen MR) is 76.7 cm³/mol. The molecule has 19 heavy (non-hydrogen) atoms. The van der Waals surface area contributed by atoms with Crippen molar-refractivity contribution in [2.24, 2.45) is 5.73 Å². The largest absolute Gasteiger partial charge is 0.394 e. The van der Waals surface area contributed by atoms with Crippen molar-refractivity contribution in [3.63, 3.8) is 0 Å². The van der Waals surface area contributed by atoms with Gasteiger partial charge in [0.25, 0.3) is 0 Å². The first-order chi connectivity index (χ1) is 9.11. The summed E-state index contributed by atoms with van der Waals surface area (Å²) in [6, 6.07) is 3.79. The summed E-state index contributed by atoms with van der Waals surface area (Å²) in [6.45, 7) is 2.95. The van der Waals surface area contributed by atoms with E-state index < -0.39 is 0 Å². The molecule has 0 bridgehead atoms. The van der Waals surface area contributed by atoms with Crippen molar-refractivity contribution in [1.82, 2.24) is 4.98 Å². The van der Waals surface area contributed by atoms with Crippen molar-refractivity contribution in [3.8, 4) is 0 Å². The van der Waals surface area contributed by atoms with E-state index in [2.05, 4.69) is 9.88 Å². The van der Waals surface area contributed by atoms with E-state index in [0.717, 1.165) is 37.3 Å². The smallest absolute Gasteiger partial charge is 0.129 e. The summed E-state index contributed by atoms with van der Waals surface area (Å²) in [5.41, 5.74) is 7.11. The van der Waals surface area contributed by atoms with Crippen molar-refractivity contribution < 1.29 is 5.11 Å². The third-order valence-electron chi connectivity index (χ3n) is 3.63. The molecule has 0 aromatic carbocycles. The summed E-state index contributed by atoms with van der Waals surface area (Å²) in [5.74, 6) is 0.883. The number of aliphatic hydroxyl groups is 1. The zero-order chi connectivity index (χ0) is 13.8. The molecule has 5 nitrogen and oxygen atoms in total. The van der Waals surface area contributed by atoms with Crippen LogP contribution in [0.15, 0.2) is 12.1 Å². The van der Waals surface area contributed by atoms with E-state index in [0.29, 0.717) is 5.56 Å². The highest BCUT2D eigenvalue weighted by Gasteiger charge is 2.22. The number of aryl methyl sites for hydroxylation is 1. The SMILES string of the molecule is Cc1cc(C(=N)N)cc(N2CCCCCC2CO)n1. The maximum absolute atomic E-state index is 9.56. The van der Waals surface area contributed by atoms with Crippen LogP contribution in [0.3, 0.4) is 0 Å². The van der Waals surface area contributed by atoms with E-state index in [-0.39, 0.29) is 18.5 Å². The number of rotatable bonds is 3. The second-order valence-electron chi connectivity index (χ2n) is 5.15. The van der Waals surface area contributed by atoms with Crippen molar-refractivity contribution in [2.45, 2.75) is 38.6 Å². The number of pyridine rings is 1. The zero-order valence-electron chi connectivity index (χ0n) is 11.4. The van der Waals surface area contributed by atoms with E-state index in [1.807, 2.05) is 19.1 Å². The first kappa shape index (κ1) is 13.8. The van der Waals surface area contributed by atoms with E-state index in [9.17, 15) is 5.11 Å². The second-order valence-corrected chi connectivity index (χ2v) is 5.15. The Morgan fingerprint density at radius 3 is 2.95 bits per heavy atom. The molecule has 5 heteroatoms. The number of hydrogen-bond acceptors (Lipinski definition) is 4. The normalized spacial score (nSPS) is 20.1. The summed E-state index contributed by atoms with van der Waals surface area (Å²) < 4.78 is 0. The van der Waals surface area contributed by atoms with Gasteiger partial charge in [-0.2, -0.15) is 0 Å². The van der Waals surface area contributed by atoms with Crippen LogP contribution in [0.4, 0.5) is 5.82 Å². The number of aliphatic hydroxyl groups excluding tert-OH is 1. The average Bonchev–Trinajstić information content (AvgIpc) is 2.62. The number of nitrogens with one attached hydrogen (secondary N) is 1. The number of nitrogen functional groups attached to an aromatic ring is 1. The Morgan fingerprint density at radius 1 is 1.47 bits per heavy atom. The summed E-state index contributed by atoms with van der Waals surface area (Å²) in [6.07, 6.45) is 4.44. The highest BCUT2D eigenvalue weighted by molar-refractivity contribution is 5.95. The molecule has 2 rings (SSSR count). The lowest BCUT2D eigenvalue weighted by atomic mass is 10.1. The standard InChI is InChI=1S/C14H22N4O/c1-10-7-11(14(15)16)8-13(17-10)18-6-4-2-3-5-12(18)9-19/h7-8,12,19H,2-6,9H2,1H3,(H3,15,16). The first-order valence-corrected chi connectivity index (χ1v) is 6.82. The van der Waals surface area contributed by atoms with E-state index in [1.54, 1.807) is 0 Å². The summed E-state index contributed by atoms with van der Waals surface area (Å²) >= 11 is 0. The molecule has 1 unspecified atom stereocenters. The van der Waals surface area contributed by atoms with Crippen molar-refractivity contribution in [1.29, 1.82) is 5.41 Å². The molecule has 2 heterocycles. The van der Waals surface area contributed by atoms with Gasteiger partial charge in [0.1, 0.15) is 11.7 Å². The molecule has 1 aliphatic heterocycles. The van der Waals surface area contributed by atoms with Crippen LogP contribution in [0, 0.1) is 12.3 Å². The molecule has 1 aliphatic rings. The predicted octanol–water partition coefficient (Wildman–Crippen LogP) is 1.42. The average molecular weight is 262 g/mol. The van der Waals surface area contributed by atoms with E-state index >= 15 is 0 Å². The van der Waals surface area contributed by atoms with Gasteiger partial charge < -0.3 is 15.7 Å². The number of nitrogens with zero attached hydrogens (tertiary/aromatic N) is 2. The van der Waals surface area contributed by atoms with E-state index in [1.165, 1.54) is 6.42 Å². The maximum Gasteiger partial charge on any atom is 0.129 e. The lowest BCUT2D eigenvalue weighted by molar-refractivity contribution is 0.254. The summed E-state index contributed by atoms with van der Waals surface area (Å²) in [5, 5.41) is 17.1. The Balaban J connectivity index is 2.34. The maximum atomic E-state index is 9.56. The molecule has 1 aromatic heterocycles. The fraction of sp³-hybridized carbons (Fsp3) is 0.571. The Kier molecular flexibility index (Phi) is 4.37. The van der Waals surface area contributed by atoms with Gasteiger partial charge in [0, 0.05) is 17.8 Å². The quantitative estimate of drug-likeness (QED) is 0.568. The van der Waals surface area contributed by atoms with Crippen LogP contribution in [0.25, 0.3) is 0 Å². The molecule has 0 aliphatic carbocycles. The molecule has 104 valence electrons. The van der Waals surface area contributed by atoms with Crippen LogP contribution in [0.1, 0.15) is 36.9 Å². The topological polar surface area (TPSA) is 86.2 Å². The van der Waals surface area contributed by atoms with Crippen LogP contribution < -0.4 is 10.6 Å². The molecule has 1 fully saturated rings. The molecular formula is C14H22N4O. The van der Waals surface area contributed by atoms with Crippen LogP contribution in [0.5, 0.6) is 0 Å². The van der Waals surface area contributed by atoms with Gasteiger partial charge in [-0.15, -0.1) is 0 Å². The summed E-state index contributed by atoms with van der Waals surface area (Å²) in [7, 11) is 0. The number of amidine groups is 1.